The first kappa shape index (κ1) is 13.0. The third-order valence-corrected chi connectivity index (χ3v) is 3.35. The van der Waals surface area contributed by atoms with Crippen LogP contribution in [-0.4, -0.2) is 6.36 Å². The first-order chi connectivity index (χ1) is 5.83. The SMILES string of the molecule is N=PN=P(F)(/N=P/F)OC(F)(F)F. The van der Waals surface area contributed by atoms with Crippen molar-refractivity contribution < 1.29 is 26.1 Å². The van der Waals surface area contributed by atoms with Gasteiger partial charge in [-0.15, -0.1) is 17.7 Å². The molecule has 0 rings (SSSR count). The van der Waals surface area contributed by atoms with Crippen LogP contribution in [0.25, 0.3) is 0 Å². The average molecular weight is 259 g/mol. The van der Waals surface area contributed by atoms with Gasteiger partial charge in [0.15, 0.2) is 8.52 Å². The van der Waals surface area contributed by atoms with Crippen LogP contribution in [0, 0.1) is 5.16 Å². The number of nitrogens with one attached hydrogen (secondary N) is 1. The normalized spacial score (nSPS) is 17.6. The smallest absolute Gasteiger partial charge is 0.262 e. The highest BCUT2D eigenvalue weighted by atomic mass is 31.2. The molecular weight excluding hydrogens is 258 g/mol. The van der Waals surface area contributed by atoms with Gasteiger partial charge in [-0.1, -0.05) is 0 Å². The molecule has 0 radical (unpaired) electrons. The number of hydrogen-bond donors (Lipinski definition) is 1. The van der Waals surface area contributed by atoms with Crippen molar-refractivity contribution in [3.8, 4) is 0 Å². The van der Waals surface area contributed by atoms with Crippen molar-refractivity contribution in [3.63, 3.8) is 0 Å². The molecule has 0 aromatic carbocycles. The zero-order valence-electron chi connectivity index (χ0n) is 5.53. The zero-order chi connectivity index (χ0) is 10.5. The average Bonchev–Trinajstić information content (AvgIpc) is 1.82. The number of nitrogens with zero attached hydrogens (tertiary/aromatic N) is 2. The van der Waals surface area contributed by atoms with E-state index >= 15 is 0 Å². The molecule has 4 nitrogen and oxygen atoms in total. The Kier molecular flexibility index (Phi) is 5.07. The van der Waals surface area contributed by atoms with E-state index in [1.807, 2.05) is 0 Å². The minimum absolute atomic E-state index is 0.793. The van der Waals surface area contributed by atoms with Crippen molar-refractivity contribution in [2.75, 3.05) is 0 Å². The molecule has 0 aliphatic rings. The Morgan fingerprint density at radius 2 is 1.92 bits per heavy atom. The van der Waals surface area contributed by atoms with E-state index in [1.165, 1.54) is 0 Å². The van der Waals surface area contributed by atoms with Crippen molar-refractivity contribution in [3.05, 3.63) is 0 Å². The predicted molar refractivity (Wildman–Crippen MR) is 37.7 cm³/mol. The van der Waals surface area contributed by atoms with Gasteiger partial charge in [0, 0.05) is 0 Å². The third kappa shape index (κ3) is 6.16. The molecule has 0 saturated heterocycles. The van der Waals surface area contributed by atoms with Crippen molar-refractivity contribution in [1.82, 2.24) is 0 Å². The second-order valence-corrected chi connectivity index (χ2v) is 4.28. The zero-order valence-corrected chi connectivity index (χ0v) is 8.22. The molecule has 0 amide bonds. The highest BCUT2D eigenvalue weighted by Gasteiger charge is 2.39. The summed E-state index contributed by atoms with van der Waals surface area (Å²) in [6, 6.07) is 0. The van der Waals surface area contributed by atoms with Crippen LogP contribution >= 0.6 is 24.9 Å². The lowest BCUT2D eigenvalue weighted by Crippen LogP contribution is -2.08. The van der Waals surface area contributed by atoms with E-state index in [4.69, 9.17) is 5.16 Å². The van der Waals surface area contributed by atoms with Crippen LogP contribution in [0.4, 0.5) is 21.6 Å². The van der Waals surface area contributed by atoms with Gasteiger partial charge in [-0.3, -0.25) is 5.16 Å². The molecule has 1 unspecified atom stereocenters. The summed E-state index contributed by atoms with van der Waals surface area (Å²) < 4.78 is 66.1. The lowest BCUT2D eigenvalue weighted by molar-refractivity contribution is -0.274. The van der Waals surface area contributed by atoms with E-state index in [1.54, 1.807) is 0 Å². The van der Waals surface area contributed by atoms with Crippen molar-refractivity contribution in [2.24, 2.45) is 9.03 Å². The summed E-state index contributed by atoms with van der Waals surface area (Å²) in [5.41, 5.74) is 0. The molecule has 1 N–H and O–H groups in total. The molecule has 0 bridgehead atoms. The minimum atomic E-state index is -5.29. The molecule has 1 atom stereocenters. The Hall–Kier alpha value is 0.0400. The number of rotatable bonds is 3. The molecule has 12 heteroatoms. The topological polar surface area (TPSA) is 57.8 Å². The molecular formula is CHF5N3OP3. The van der Waals surface area contributed by atoms with Gasteiger partial charge in [-0.05, 0) is 0 Å². The fourth-order valence-corrected chi connectivity index (χ4v) is 2.08. The van der Waals surface area contributed by atoms with Gasteiger partial charge < -0.3 is 0 Å². The van der Waals surface area contributed by atoms with Crippen LogP contribution in [0.15, 0.2) is 9.03 Å². The largest absolute Gasteiger partial charge is 0.530 e. The Labute approximate surface area is 72.5 Å². The second-order valence-electron chi connectivity index (χ2n) is 1.36. The van der Waals surface area contributed by atoms with Crippen LogP contribution in [-0.2, 0) is 4.52 Å². The minimum Gasteiger partial charge on any atom is -0.262 e. The fraction of sp³-hybridized carbons (Fsp3) is 1.00. The standard InChI is InChI=1S/CHF5N3OP3/c2-1(3,4)10-13(6,8-11-5)9-12-7/h7H. The van der Waals surface area contributed by atoms with E-state index in [-0.39, 0.29) is 0 Å². The maximum Gasteiger partial charge on any atom is 0.530 e. The van der Waals surface area contributed by atoms with E-state index in [0.29, 0.717) is 0 Å². The highest BCUT2D eigenvalue weighted by Crippen LogP contribution is 2.61. The van der Waals surface area contributed by atoms with Crippen molar-refractivity contribution >= 4 is 24.9 Å². The van der Waals surface area contributed by atoms with E-state index < -0.39 is 31.3 Å². The van der Waals surface area contributed by atoms with Gasteiger partial charge in [0.2, 0.25) is 8.68 Å². The molecule has 0 spiro atoms. The molecule has 76 valence electrons. The van der Waals surface area contributed by atoms with Crippen LogP contribution in [0.5, 0.6) is 0 Å². The number of alkyl halides is 3. The molecule has 0 aliphatic heterocycles. The lowest BCUT2D eigenvalue weighted by Gasteiger charge is -2.09. The summed E-state index contributed by atoms with van der Waals surface area (Å²) in [5, 5.41) is 6.31. The number of hydrogen-bond acceptors (Lipinski definition) is 2. The second kappa shape index (κ2) is 5.05. The Morgan fingerprint density at radius 1 is 1.38 bits per heavy atom. The summed E-state index contributed by atoms with van der Waals surface area (Å²) >= 11 is 0. The van der Waals surface area contributed by atoms with Gasteiger partial charge >= 0.3 is 14.1 Å². The monoisotopic (exact) mass is 259 g/mol. The highest BCUT2D eigenvalue weighted by molar-refractivity contribution is 7.61. The van der Waals surface area contributed by atoms with Gasteiger partial charge in [-0.2, -0.15) is 12.9 Å². The Bertz CT molecular complexity index is 260. The van der Waals surface area contributed by atoms with E-state index in [2.05, 4.69) is 13.6 Å². The van der Waals surface area contributed by atoms with E-state index in [0.717, 1.165) is 0 Å². The molecule has 0 aliphatic carbocycles. The third-order valence-electron chi connectivity index (χ3n) is 0.519. The van der Waals surface area contributed by atoms with Gasteiger partial charge in [0.25, 0.3) is 0 Å². The number of halogens is 5. The fourth-order valence-electron chi connectivity index (χ4n) is 0.283. The summed E-state index contributed by atoms with van der Waals surface area (Å²) in [7, 11) is -7.31. The van der Waals surface area contributed by atoms with Crippen LogP contribution in [0.2, 0.25) is 0 Å². The first-order valence-electron chi connectivity index (χ1n) is 2.32. The quantitative estimate of drug-likeness (QED) is 0.557. The molecule has 0 saturated carbocycles. The lowest BCUT2D eigenvalue weighted by atomic mass is 11.4. The molecule has 0 aromatic rings. The van der Waals surface area contributed by atoms with Crippen LogP contribution in [0.3, 0.4) is 0 Å². The Balaban J connectivity index is 4.83. The van der Waals surface area contributed by atoms with E-state index in [9.17, 15) is 21.6 Å². The van der Waals surface area contributed by atoms with Crippen LogP contribution in [0.1, 0.15) is 0 Å². The molecule has 0 aromatic heterocycles. The Morgan fingerprint density at radius 3 is 2.23 bits per heavy atom. The summed E-state index contributed by atoms with van der Waals surface area (Å²) in [4.78, 5) is 0. The maximum atomic E-state index is 12.8. The molecule has 0 heterocycles. The first-order valence-corrected chi connectivity index (χ1v) is 5.40. The van der Waals surface area contributed by atoms with Gasteiger partial charge in [0.05, 0.1) is 0 Å². The summed E-state index contributed by atoms with van der Waals surface area (Å²) in [6.45, 7) is 0. The molecule has 13 heavy (non-hydrogen) atoms. The summed E-state index contributed by atoms with van der Waals surface area (Å²) in [6.07, 6.45) is -5.29. The maximum absolute atomic E-state index is 12.8. The van der Waals surface area contributed by atoms with Crippen LogP contribution < -0.4 is 0 Å². The van der Waals surface area contributed by atoms with Gasteiger partial charge in [-0.25, -0.2) is 4.52 Å². The van der Waals surface area contributed by atoms with Crippen molar-refractivity contribution in [2.45, 2.75) is 6.36 Å². The predicted octanol–water partition coefficient (Wildman–Crippen LogP) is 5.08. The summed E-state index contributed by atoms with van der Waals surface area (Å²) in [5.74, 6) is 0. The molecule has 0 fully saturated rings. The van der Waals surface area contributed by atoms with Crippen molar-refractivity contribution in [1.29, 1.82) is 5.16 Å². The van der Waals surface area contributed by atoms with Gasteiger partial charge in [0.1, 0.15) is 0 Å².